The van der Waals surface area contributed by atoms with E-state index >= 15 is 0 Å². The Balaban J connectivity index is 2.33. The number of piperidine rings is 1. The summed E-state index contributed by atoms with van der Waals surface area (Å²) in [7, 11) is 1.24. The lowest BCUT2D eigenvalue weighted by Gasteiger charge is -2.21. The first-order valence-electron chi connectivity index (χ1n) is 5.23. The lowest BCUT2D eigenvalue weighted by atomic mass is 10.1. The standard InChI is InChI=1S/C10H14N2O5/c1-17-9(15)5-4-7(13)11-6-2-3-8(14)12-10(6)16/h6H,2-5H2,1H3,(H,11,13)(H,12,14,16). The maximum absolute atomic E-state index is 11.4. The maximum atomic E-state index is 11.4. The van der Waals surface area contributed by atoms with Crippen molar-refractivity contribution in [3.63, 3.8) is 0 Å². The lowest BCUT2D eigenvalue weighted by Crippen LogP contribution is -2.52. The average Bonchev–Trinajstić information content (AvgIpc) is 2.29. The first-order valence-corrected chi connectivity index (χ1v) is 5.23. The van der Waals surface area contributed by atoms with Crippen LogP contribution in [0.2, 0.25) is 0 Å². The summed E-state index contributed by atoms with van der Waals surface area (Å²) in [5.74, 6) is -1.74. The molecule has 0 bridgehead atoms. The van der Waals surface area contributed by atoms with E-state index in [1.807, 2.05) is 0 Å². The van der Waals surface area contributed by atoms with E-state index in [1.165, 1.54) is 7.11 Å². The summed E-state index contributed by atoms with van der Waals surface area (Å²) >= 11 is 0. The fourth-order valence-electron chi connectivity index (χ4n) is 1.42. The van der Waals surface area contributed by atoms with Crippen LogP contribution in [0.3, 0.4) is 0 Å². The molecule has 1 heterocycles. The smallest absolute Gasteiger partial charge is 0.306 e. The topological polar surface area (TPSA) is 102 Å². The third-order valence-corrected chi connectivity index (χ3v) is 2.36. The van der Waals surface area contributed by atoms with Crippen LogP contribution in [0.1, 0.15) is 25.7 Å². The van der Waals surface area contributed by atoms with Crippen molar-refractivity contribution >= 4 is 23.7 Å². The molecule has 1 unspecified atom stereocenters. The largest absolute Gasteiger partial charge is 0.469 e. The summed E-state index contributed by atoms with van der Waals surface area (Å²) in [6.07, 6.45) is 0.419. The molecule has 2 N–H and O–H groups in total. The minimum absolute atomic E-state index is 0.0321. The molecule has 0 aromatic carbocycles. The number of carbonyl (C=O) groups is 4. The van der Waals surface area contributed by atoms with E-state index in [0.29, 0.717) is 0 Å². The second kappa shape index (κ2) is 5.97. The Morgan fingerprint density at radius 2 is 2.12 bits per heavy atom. The number of methoxy groups -OCH3 is 1. The van der Waals surface area contributed by atoms with E-state index in [2.05, 4.69) is 15.4 Å². The van der Waals surface area contributed by atoms with Crippen molar-refractivity contribution in [2.45, 2.75) is 31.7 Å². The highest BCUT2D eigenvalue weighted by Crippen LogP contribution is 2.04. The molecule has 1 saturated heterocycles. The number of amides is 3. The monoisotopic (exact) mass is 242 g/mol. The maximum Gasteiger partial charge on any atom is 0.306 e. The van der Waals surface area contributed by atoms with Gasteiger partial charge in [0.15, 0.2) is 0 Å². The summed E-state index contributed by atoms with van der Waals surface area (Å²) in [6.45, 7) is 0. The van der Waals surface area contributed by atoms with Gasteiger partial charge in [0.05, 0.1) is 13.5 Å². The van der Waals surface area contributed by atoms with E-state index in [9.17, 15) is 19.2 Å². The molecule has 1 rings (SSSR count). The SMILES string of the molecule is COC(=O)CCC(=O)NC1CCC(=O)NC1=O. The fraction of sp³-hybridized carbons (Fsp3) is 0.600. The van der Waals surface area contributed by atoms with Crippen LogP contribution < -0.4 is 10.6 Å². The number of rotatable bonds is 4. The van der Waals surface area contributed by atoms with Crippen molar-refractivity contribution in [1.82, 2.24) is 10.6 Å². The summed E-state index contributed by atoms with van der Waals surface area (Å²) < 4.78 is 4.38. The molecule has 94 valence electrons. The summed E-state index contributed by atoms with van der Waals surface area (Å²) in [5.41, 5.74) is 0. The number of carbonyl (C=O) groups excluding carboxylic acids is 4. The van der Waals surface area contributed by atoms with Gasteiger partial charge in [0, 0.05) is 12.8 Å². The summed E-state index contributed by atoms with van der Waals surface area (Å²) in [4.78, 5) is 44.3. The van der Waals surface area contributed by atoms with Crippen LogP contribution in [-0.4, -0.2) is 36.8 Å². The van der Waals surface area contributed by atoms with Gasteiger partial charge in [-0.15, -0.1) is 0 Å². The quantitative estimate of drug-likeness (QED) is 0.479. The molecule has 7 nitrogen and oxygen atoms in total. The zero-order valence-electron chi connectivity index (χ0n) is 9.45. The number of hydrogen-bond acceptors (Lipinski definition) is 5. The van der Waals surface area contributed by atoms with Crippen LogP contribution in [0.4, 0.5) is 0 Å². The third-order valence-electron chi connectivity index (χ3n) is 2.36. The van der Waals surface area contributed by atoms with Gasteiger partial charge in [0.2, 0.25) is 17.7 Å². The molecule has 1 aliphatic heterocycles. The first-order chi connectivity index (χ1) is 8.02. The highest BCUT2D eigenvalue weighted by Gasteiger charge is 2.27. The van der Waals surface area contributed by atoms with Crippen LogP contribution in [0.25, 0.3) is 0 Å². The van der Waals surface area contributed by atoms with Gasteiger partial charge in [-0.25, -0.2) is 0 Å². The van der Waals surface area contributed by atoms with Gasteiger partial charge in [-0.2, -0.15) is 0 Å². The van der Waals surface area contributed by atoms with Crippen LogP contribution in [0.15, 0.2) is 0 Å². The Bertz CT molecular complexity index is 353. The number of esters is 1. The number of nitrogens with one attached hydrogen (secondary N) is 2. The minimum atomic E-state index is -0.696. The molecule has 0 aromatic heterocycles. The van der Waals surface area contributed by atoms with E-state index < -0.39 is 23.8 Å². The minimum Gasteiger partial charge on any atom is -0.469 e. The molecule has 17 heavy (non-hydrogen) atoms. The molecular weight excluding hydrogens is 228 g/mol. The second-order valence-corrected chi connectivity index (χ2v) is 3.65. The Morgan fingerprint density at radius 3 is 2.71 bits per heavy atom. The van der Waals surface area contributed by atoms with Gasteiger partial charge < -0.3 is 10.1 Å². The Hall–Kier alpha value is -1.92. The van der Waals surface area contributed by atoms with Crippen LogP contribution in [0.5, 0.6) is 0 Å². The van der Waals surface area contributed by atoms with Crippen LogP contribution in [0, 0.1) is 0 Å². The molecule has 0 spiro atoms. The van der Waals surface area contributed by atoms with Crippen LogP contribution in [-0.2, 0) is 23.9 Å². The summed E-state index contributed by atoms with van der Waals surface area (Å²) in [6, 6.07) is -0.696. The Morgan fingerprint density at radius 1 is 1.41 bits per heavy atom. The number of hydrogen-bond donors (Lipinski definition) is 2. The molecule has 3 amide bonds. The highest BCUT2D eigenvalue weighted by molar-refractivity contribution is 6.01. The third kappa shape index (κ3) is 4.21. The van der Waals surface area contributed by atoms with Crippen molar-refractivity contribution in [1.29, 1.82) is 0 Å². The van der Waals surface area contributed by atoms with Crippen molar-refractivity contribution in [2.24, 2.45) is 0 Å². The molecule has 7 heteroatoms. The van der Waals surface area contributed by atoms with Crippen molar-refractivity contribution < 1.29 is 23.9 Å². The Kier molecular flexibility index (Phi) is 4.62. The van der Waals surface area contributed by atoms with Gasteiger partial charge >= 0.3 is 5.97 Å². The van der Waals surface area contributed by atoms with Gasteiger partial charge in [0.25, 0.3) is 0 Å². The number of imide groups is 1. The molecule has 1 fully saturated rings. The lowest BCUT2D eigenvalue weighted by molar-refractivity contribution is -0.142. The van der Waals surface area contributed by atoms with E-state index in [0.717, 1.165) is 0 Å². The van der Waals surface area contributed by atoms with E-state index in [-0.39, 0.29) is 31.6 Å². The zero-order chi connectivity index (χ0) is 12.8. The van der Waals surface area contributed by atoms with Crippen molar-refractivity contribution in [3.8, 4) is 0 Å². The normalized spacial score (nSPS) is 19.5. The molecule has 1 atom stereocenters. The molecule has 1 aliphatic rings. The fourth-order valence-corrected chi connectivity index (χ4v) is 1.42. The van der Waals surface area contributed by atoms with Crippen molar-refractivity contribution in [3.05, 3.63) is 0 Å². The second-order valence-electron chi connectivity index (χ2n) is 3.65. The zero-order valence-corrected chi connectivity index (χ0v) is 9.45. The number of ether oxygens (including phenoxy) is 1. The van der Waals surface area contributed by atoms with Gasteiger partial charge in [-0.1, -0.05) is 0 Å². The Labute approximate surface area is 97.9 Å². The van der Waals surface area contributed by atoms with Gasteiger partial charge in [-0.05, 0) is 6.42 Å². The first kappa shape index (κ1) is 13.1. The molecule has 0 radical (unpaired) electrons. The van der Waals surface area contributed by atoms with Crippen LogP contribution >= 0.6 is 0 Å². The predicted octanol–water partition coefficient (Wildman–Crippen LogP) is -1.14. The predicted molar refractivity (Wildman–Crippen MR) is 55.6 cm³/mol. The molecule has 0 aliphatic carbocycles. The molecule has 0 aromatic rings. The molecular formula is C10H14N2O5. The van der Waals surface area contributed by atoms with E-state index in [1.54, 1.807) is 0 Å². The van der Waals surface area contributed by atoms with Gasteiger partial charge in [0.1, 0.15) is 6.04 Å². The van der Waals surface area contributed by atoms with E-state index in [4.69, 9.17) is 0 Å². The van der Waals surface area contributed by atoms with Crippen molar-refractivity contribution in [2.75, 3.05) is 7.11 Å². The summed E-state index contributed by atoms with van der Waals surface area (Å²) in [5, 5.41) is 4.58. The molecule has 0 saturated carbocycles. The van der Waals surface area contributed by atoms with Gasteiger partial charge in [-0.3, -0.25) is 24.5 Å². The highest BCUT2D eigenvalue weighted by atomic mass is 16.5. The average molecular weight is 242 g/mol.